The number of hydrogen-bond acceptors (Lipinski definition) is 7. The van der Waals surface area contributed by atoms with Crippen molar-refractivity contribution in [3.63, 3.8) is 0 Å². The minimum atomic E-state index is -0.966. The Bertz CT molecular complexity index is 1510. The first-order valence-corrected chi connectivity index (χ1v) is 10.4. The zero-order valence-electron chi connectivity index (χ0n) is 18.2. The Morgan fingerprint density at radius 1 is 1.18 bits per heavy atom. The van der Waals surface area contributed by atoms with Crippen molar-refractivity contribution in [3.05, 3.63) is 60.0 Å². The Kier molecular flexibility index (Phi) is 4.86. The van der Waals surface area contributed by atoms with Crippen molar-refractivity contribution in [2.24, 2.45) is 5.41 Å². The molecule has 34 heavy (non-hydrogen) atoms. The lowest BCUT2D eigenvalue weighted by Gasteiger charge is -2.07. The van der Waals surface area contributed by atoms with Gasteiger partial charge in [0.25, 0.3) is 5.91 Å². The van der Waals surface area contributed by atoms with Crippen LogP contribution in [0.1, 0.15) is 35.0 Å². The van der Waals surface area contributed by atoms with Gasteiger partial charge in [-0.2, -0.15) is 5.26 Å². The molecule has 0 radical (unpaired) electrons. The lowest BCUT2D eigenvalue weighted by Crippen LogP contribution is -2.22. The second kappa shape index (κ2) is 7.77. The minimum Gasteiger partial charge on any atom is -0.436 e. The number of hydrogen-bond donors (Lipinski definition) is 2. The van der Waals surface area contributed by atoms with Gasteiger partial charge in [-0.1, -0.05) is 0 Å². The highest BCUT2D eigenvalue weighted by molar-refractivity contribution is 6.03. The van der Waals surface area contributed by atoms with Crippen molar-refractivity contribution >= 4 is 29.0 Å². The third-order valence-electron chi connectivity index (χ3n) is 5.58. The fraction of sp³-hybridized carbons (Fsp3) is 0.217. The van der Waals surface area contributed by atoms with E-state index in [1.165, 1.54) is 24.4 Å². The lowest BCUT2D eigenvalue weighted by molar-refractivity contribution is -0.119. The maximum Gasteiger partial charge on any atom is 0.293 e. The summed E-state index contributed by atoms with van der Waals surface area (Å²) in [6, 6.07) is 6.16. The highest BCUT2D eigenvalue weighted by atomic mass is 19.1. The van der Waals surface area contributed by atoms with E-state index in [4.69, 9.17) is 4.42 Å². The fourth-order valence-electron chi connectivity index (χ4n) is 3.57. The summed E-state index contributed by atoms with van der Waals surface area (Å²) in [7, 11) is 0. The highest BCUT2D eigenvalue weighted by Crippen LogP contribution is 2.45. The van der Waals surface area contributed by atoms with Crippen molar-refractivity contribution in [2.45, 2.75) is 26.7 Å². The van der Waals surface area contributed by atoms with E-state index >= 15 is 0 Å². The Morgan fingerprint density at radius 3 is 2.65 bits per heavy atom. The van der Waals surface area contributed by atoms with Gasteiger partial charge in [0, 0.05) is 30.6 Å². The van der Waals surface area contributed by atoms with E-state index in [-0.39, 0.29) is 28.7 Å². The van der Waals surface area contributed by atoms with Crippen molar-refractivity contribution in [2.75, 3.05) is 10.6 Å². The summed E-state index contributed by atoms with van der Waals surface area (Å²) in [5.41, 5.74) is 0.662. The molecule has 10 nitrogen and oxygen atoms in total. The van der Waals surface area contributed by atoms with E-state index in [2.05, 4.69) is 25.6 Å². The van der Waals surface area contributed by atoms with Crippen LogP contribution in [0.15, 0.2) is 41.2 Å². The summed E-state index contributed by atoms with van der Waals surface area (Å²) < 4.78 is 21.5. The van der Waals surface area contributed by atoms with E-state index in [1.54, 1.807) is 30.6 Å². The van der Waals surface area contributed by atoms with Crippen LogP contribution in [0, 0.1) is 36.4 Å². The molecule has 0 atom stereocenters. The molecule has 3 aromatic heterocycles. The average molecular weight is 459 g/mol. The molecule has 2 amide bonds. The van der Waals surface area contributed by atoms with Gasteiger partial charge in [-0.3, -0.25) is 14.0 Å². The maximum atomic E-state index is 14.6. The van der Waals surface area contributed by atoms with E-state index in [9.17, 15) is 19.2 Å². The maximum absolute atomic E-state index is 14.6. The Hall–Kier alpha value is -4.59. The van der Waals surface area contributed by atoms with Crippen LogP contribution < -0.4 is 10.6 Å². The fourth-order valence-corrected chi connectivity index (χ4v) is 3.57. The molecule has 11 heteroatoms. The summed E-state index contributed by atoms with van der Waals surface area (Å²) in [6.45, 7) is 3.30. The number of anilines is 2. The molecule has 170 valence electrons. The Labute approximate surface area is 192 Å². The van der Waals surface area contributed by atoms with Gasteiger partial charge >= 0.3 is 0 Å². The molecule has 1 aliphatic rings. The monoisotopic (exact) mass is 459 g/mol. The van der Waals surface area contributed by atoms with E-state index in [1.807, 2.05) is 6.07 Å². The third-order valence-corrected chi connectivity index (χ3v) is 5.58. The summed E-state index contributed by atoms with van der Waals surface area (Å²) in [5, 5.41) is 14.5. The minimum absolute atomic E-state index is 0.0826. The summed E-state index contributed by atoms with van der Waals surface area (Å²) in [5.74, 6) is -0.668. The zero-order chi connectivity index (χ0) is 24.0. The number of aromatic nitrogens is 4. The molecule has 3 heterocycles. The number of carbonyl (C=O) groups is 2. The zero-order valence-corrected chi connectivity index (χ0v) is 18.2. The SMILES string of the molecule is Cc1nc(C)c(C(=O)Nc2ccc(F)c(-c3cn4cc(NC(=O)C5(C#N)CC5)cnc4n3)c2)o1. The largest absolute Gasteiger partial charge is 0.436 e. The predicted molar refractivity (Wildman–Crippen MR) is 118 cm³/mol. The molecular formula is C23H18FN7O3. The van der Waals surface area contributed by atoms with Crippen LogP contribution in [0.25, 0.3) is 17.0 Å². The van der Waals surface area contributed by atoms with Crippen LogP contribution in [-0.2, 0) is 4.79 Å². The van der Waals surface area contributed by atoms with Gasteiger partial charge in [0.2, 0.25) is 17.4 Å². The topological polar surface area (TPSA) is 138 Å². The van der Waals surface area contributed by atoms with E-state index < -0.39 is 17.1 Å². The summed E-state index contributed by atoms with van der Waals surface area (Å²) in [4.78, 5) is 37.4. The number of carbonyl (C=O) groups excluding carboxylic acids is 2. The molecule has 4 aromatic rings. The number of nitrogens with zero attached hydrogens (tertiary/aromatic N) is 5. The molecule has 1 saturated carbocycles. The van der Waals surface area contributed by atoms with Crippen LogP contribution >= 0.6 is 0 Å². The number of oxazole rings is 1. The summed E-state index contributed by atoms with van der Waals surface area (Å²) in [6.07, 6.45) is 5.63. The van der Waals surface area contributed by atoms with Crippen molar-refractivity contribution in [1.82, 2.24) is 19.4 Å². The lowest BCUT2D eigenvalue weighted by atomic mass is 10.1. The number of fused-ring (bicyclic) bond motifs is 1. The average Bonchev–Trinajstić information content (AvgIpc) is 3.39. The third kappa shape index (κ3) is 3.75. The number of halogens is 1. The van der Waals surface area contributed by atoms with Crippen LogP contribution in [0.3, 0.4) is 0 Å². The number of nitrogens with one attached hydrogen (secondary N) is 2. The summed E-state index contributed by atoms with van der Waals surface area (Å²) >= 11 is 0. The standard InChI is InChI=1S/C23H18FN7O3/c1-12-19(34-13(2)27-12)20(32)28-14-3-4-17(24)16(7-14)18-10-31-9-15(8-26-22(31)30-18)29-21(33)23(11-25)5-6-23/h3-4,7-10H,5-6H2,1-2H3,(H,28,32)(H,29,33). The quantitative estimate of drug-likeness (QED) is 0.465. The van der Waals surface area contributed by atoms with Crippen LogP contribution in [0.4, 0.5) is 15.8 Å². The van der Waals surface area contributed by atoms with Crippen LogP contribution in [0.2, 0.25) is 0 Å². The second-order valence-corrected chi connectivity index (χ2v) is 8.12. The van der Waals surface area contributed by atoms with Gasteiger partial charge in [0.05, 0.1) is 29.3 Å². The first-order chi connectivity index (χ1) is 16.3. The highest BCUT2D eigenvalue weighted by Gasteiger charge is 2.50. The molecule has 1 fully saturated rings. The molecule has 5 rings (SSSR count). The molecule has 1 aromatic carbocycles. The van der Waals surface area contributed by atoms with Gasteiger partial charge in [-0.05, 0) is 38.0 Å². The van der Waals surface area contributed by atoms with E-state index in [0.29, 0.717) is 35.8 Å². The molecule has 1 aliphatic carbocycles. The van der Waals surface area contributed by atoms with Gasteiger partial charge < -0.3 is 15.1 Å². The number of aryl methyl sites for hydroxylation is 2. The molecule has 0 unspecified atom stereocenters. The first-order valence-electron chi connectivity index (χ1n) is 10.4. The van der Waals surface area contributed by atoms with Crippen LogP contribution in [-0.4, -0.2) is 31.2 Å². The number of benzene rings is 1. The molecular weight excluding hydrogens is 441 g/mol. The smallest absolute Gasteiger partial charge is 0.293 e. The molecule has 0 bridgehead atoms. The van der Waals surface area contributed by atoms with E-state index in [0.717, 1.165) is 0 Å². The molecule has 2 N–H and O–H groups in total. The van der Waals surface area contributed by atoms with Crippen molar-refractivity contribution in [1.29, 1.82) is 5.26 Å². The molecule has 0 spiro atoms. The normalized spacial score (nSPS) is 13.9. The van der Waals surface area contributed by atoms with Crippen molar-refractivity contribution in [3.8, 4) is 17.3 Å². The number of imidazole rings is 1. The number of amides is 2. The van der Waals surface area contributed by atoms with Gasteiger partial charge in [-0.15, -0.1) is 0 Å². The Balaban J connectivity index is 1.40. The molecule has 0 aliphatic heterocycles. The predicted octanol–water partition coefficient (Wildman–Crippen LogP) is 3.63. The van der Waals surface area contributed by atoms with Gasteiger partial charge in [-0.25, -0.2) is 19.3 Å². The second-order valence-electron chi connectivity index (χ2n) is 8.12. The van der Waals surface area contributed by atoms with Gasteiger partial charge in [0.1, 0.15) is 11.2 Å². The van der Waals surface area contributed by atoms with Gasteiger partial charge in [0.15, 0.2) is 5.89 Å². The first kappa shape index (κ1) is 21.3. The number of nitriles is 1. The van der Waals surface area contributed by atoms with Crippen LogP contribution in [0.5, 0.6) is 0 Å². The molecule has 0 saturated heterocycles. The number of rotatable bonds is 5. The Morgan fingerprint density at radius 2 is 1.97 bits per heavy atom. The van der Waals surface area contributed by atoms with Crippen molar-refractivity contribution < 1.29 is 18.4 Å².